The normalized spacial score (nSPS) is 12.8. The Morgan fingerprint density at radius 2 is 2.54 bits per heavy atom. The van der Waals surface area contributed by atoms with E-state index in [0.717, 1.165) is 4.57 Å². The molecule has 72 valence electrons. The highest BCUT2D eigenvalue weighted by molar-refractivity contribution is 5.09. The molecule has 0 unspecified atom stereocenters. The van der Waals surface area contributed by atoms with E-state index >= 15 is 0 Å². The highest BCUT2D eigenvalue weighted by atomic mass is 16.5. The zero-order valence-electron chi connectivity index (χ0n) is 7.04. The second-order valence-corrected chi connectivity index (χ2v) is 2.28. The van der Waals surface area contributed by atoms with Crippen molar-refractivity contribution in [3.05, 3.63) is 16.8 Å². The molecule has 0 saturated carbocycles. The van der Waals surface area contributed by atoms with Crippen molar-refractivity contribution in [2.75, 3.05) is 19.5 Å². The van der Waals surface area contributed by atoms with Crippen LogP contribution in [0.25, 0.3) is 0 Å². The van der Waals surface area contributed by atoms with Gasteiger partial charge in [-0.25, -0.2) is 9.78 Å². The van der Waals surface area contributed by atoms with Gasteiger partial charge >= 0.3 is 5.69 Å². The van der Waals surface area contributed by atoms with Gasteiger partial charge in [0, 0.05) is 7.11 Å². The summed E-state index contributed by atoms with van der Waals surface area (Å²) in [5.41, 5.74) is 4.57. The van der Waals surface area contributed by atoms with Crippen molar-refractivity contribution >= 4 is 5.95 Å². The van der Waals surface area contributed by atoms with Crippen molar-refractivity contribution in [1.82, 2.24) is 14.5 Å². The van der Waals surface area contributed by atoms with E-state index in [2.05, 4.69) is 9.97 Å². The third kappa shape index (κ3) is 2.01. The van der Waals surface area contributed by atoms with Gasteiger partial charge in [-0.05, 0) is 0 Å². The number of ether oxygens (including phenoxy) is 1. The van der Waals surface area contributed by atoms with Crippen LogP contribution in [0.4, 0.5) is 5.95 Å². The van der Waals surface area contributed by atoms with Gasteiger partial charge in [0.1, 0.15) is 6.33 Å². The standard InChI is InChI=1S/C6H10N4O3/c1-13-4(2-11)10-3-8-5(7)9-6(10)12/h3-4,11H,2H2,1H3,(H2,7,9,12)/t4-/m1/s1. The maximum atomic E-state index is 11.1. The Bertz CT molecular complexity index is 333. The molecule has 0 saturated heterocycles. The average molecular weight is 186 g/mol. The third-order valence-corrected chi connectivity index (χ3v) is 1.48. The molecule has 0 fully saturated rings. The van der Waals surface area contributed by atoms with E-state index in [0.29, 0.717) is 0 Å². The molecule has 0 radical (unpaired) electrons. The largest absolute Gasteiger partial charge is 0.392 e. The molecule has 7 nitrogen and oxygen atoms in total. The molecule has 0 aliphatic rings. The first-order valence-electron chi connectivity index (χ1n) is 3.53. The highest BCUT2D eigenvalue weighted by Gasteiger charge is 2.10. The first-order valence-corrected chi connectivity index (χ1v) is 3.53. The number of nitrogens with zero attached hydrogens (tertiary/aromatic N) is 3. The molecule has 0 amide bonds. The van der Waals surface area contributed by atoms with E-state index in [1.54, 1.807) is 0 Å². The number of hydrogen-bond acceptors (Lipinski definition) is 6. The number of hydrogen-bond donors (Lipinski definition) is 2. The van der Waals surface area contributed by atoms with E-state index < -0.39 is 11.9 Å². The minimum atomic E-state index is -0.770. The summed E-state index contributed by atoms with van der Waals surface area (Å²) in [7, 11) is 1.36. The molecule has 0 bridgehead atoms. The van der Waals surface area contributed by atoms with Crippen LogP contribution in [0.2, 0.25) is 0 Å². The summed E-state index contributed by atoms with van der Waals surface area (Å²) in [6, 6.07) is 0. The predicted molar refractivity (Wildman–Crippen MR) is 43.8 cm³/mol. The number of methoxy groups -OCH3 is 1. The van der Waals surface area contributed by atoms with Gasteiger partial charge < -0.3 is 15.6 Å². The Labute approximate surface area is 73.8 Å². The topological polar surface area (TPSA) is 103 Å². The highest BCUT2D eigenvalue weighted by Crippen LogP contribution is 2.00. The zero-order valence-corrected chi connectivity index (χ0v) is 7.04. The van der Waals surface area contributed by atoms with E-state index in [4.69, 9.17) is 15.6 Å². The molecule has 1 heterocycles. The number of nitrogen functional groups attached to an aromatic ring is 1. The smallest absolute Gasteiger partial charge is 0.354 e. The zero-order chi connectivity index (χ0) is 9.84. The molecule has 0 aliphatic carbocycles. The van der Waals surface area contributed by atoms with Gasteiger partial charge in [0.25, 0.3) is 0 Å². The summed E-state index contributed by atoms with van der Waals surface area (Å²) >= 11 is 0. The third-order valence-electron chi connectivity index (χ3n) is 1.48. The lowest BCUT2D eigenvalue weighted by atomic mass is 10.6. The van der Waals surface area contributed by atoms with Crippen molar-refractivity contribution in [3.63, 3.8) is 0 Å². The molecule has 7 heteroatoms. The van der Waals surface area contributed by atoms with Gasteiger partial charge in [0.2, 0.25) is 5.95 Å². The molecule has 1 atom stereocenters. The van der Waals surface area contributed by atoms with E-state index in [-0.39, 0.29) is 12.6 Å². The fraction of sp³-hybridized carbons (Fsp3) is 0.500. The quantitative estimate of drug-likeness (QED) is 0.586. The predicted octanol–water partition coefficient (Wildman–Crippen LogP) is -1.64. The van der Waals surface area contributed by atoms with E-state index in [1.165, 1.54) is 13.4 Å². The molecule has 0 spiro atoms. The minimum absolute atomic E-state index is 0.103. The van der Waals surface area contributed by atoms with Crippen LogP contribution < -0.4 is 11.4 Å². The summed E-state index contributed by atoms with van der Waals surface area (Å²) in [6.45, 7) is -0.330. The fourth-order valence-electron chi connectivity index (χ4n) is 0.829. The van der Waals surface area contributed by atoms with Crippen molar-refractivity contribution in [2.24, 2.45) is 0 Å². The Kier molecular flexibility index (Phi) is 2.93. The SMILES string of the molecule is CO[C@H](CO)n1cnc(N)nc1=O. The molecule has 1 aromatic rings. The van der Waals surface area contributed by atoms with Gasteiger partial charge in [-0.1, -0.05) is 0 Å². The Morgan fingerprint density at radius 1 is 1.85 bits per heavy atom. The van der Waals surface area contributed by atoms with E-state index in [9.17, 15) is 4.79 Å². The first kappa shape index (κ1) is 9.62. The summed E-state index contributed by atoms with van der Waals surface area (Å²) in [5.74, 6) is -0.103. The Hall–Kier alpha value is -1.47. The number of anilines is 1. The van der Waals surface area contributed by atoms with Crippen LogP contribution in [0.5, 0.6) is 0 Å². The summed E-state index contributed by atoms with van der Waals surface area (Å²) in [5, 5.41) is 8.80. The fourth-order valence-corrected chi connectivity index (χ4v) is 0.829. The minimum Gasteiger partial charge on any atom is -0.392 e. The van der Waals surface area contributed by atoms with Crippen molar-refractivity contribution < 1.29 is 9.84 Å². The summed E-state index contributed by atoms with van der Waals surface area (Å²) in [4.78, 5) is 18.1. The average Bonchev–Trinajstić information content (AvgIpc) is 2.10. The number of aliphatic hydroxyl groups excluding tert-OH is 1. The molecule has 3 N–H and O–H groups in total. The monoisotopic (exact) mass is 186 g/mol. The van der Waals surface area contributed by atoms with Crippen LogP contribution in [0, 0.1) is 0 Å². The maximum Gasteiger partial charge on any atom is 0.354 e. The Balaban J connectivity index is 3.07. The van der Waals surface area contributed by atoms with Gasteiger partial charge in [0.15, 0.2) is 6.23 Å². The lowest BCUT2D eigenvalue weighted by Gasteiger charge is -2.13. The van der Waals surface area contributed by atoms with Crippen LogP contribution >= 0.6 is 0 Å². The molecular weight excluding hydrogens is 176 g/mol. The molecule has 0 aliphatic heterocycles. The van der Waals surface area contributed by atoms with Gasteiger partial charge in [-0.3, -0.25) is 4.57 Å². The molecule has 1 aromatic heterocycles. The first-order chi connectivity index (χ1) is 6.19. The lowest BCUT2D eigenvalue weighted by Crippen LogP contribution is -2.30. The molecule has 1 rings (SSSR count). The second kappa shape index (κ2) is 3.97. The van der Waals surface area contributed by atoms with Crippen LogP contribution in [-0.4, -0.2) is 33.4 Å². The van der Waals surface area contributed by atoms with E-state index in [1.807, 2.05) is 0 Å². The van der Waals surface area contributed by atoms with Crippen molar-refractivity contribution in [2.45, 2.75) is 6.23 Å². The van der Waals surface area contributed by atoms with Gasteiger partial charge in [0.05, 0.1) is 6.61 Å². The number of aliphatic hydroxyl groups is 1. The maximum absolute atomic E-state index is 11.1. The van der Waals surface area contributed by atoms with Crippen LogP contribution in [0.15, 0.2) is 11.1 Å². The second-order valence-electron chi connectivity index (χ2n) is 2.28. The van der Waals surface area contributed by atoms with Crippen LogP contribution in [0.1, 0.15) is 6.23 Å². The molecular formula is C6H10N4O3. The van der Waals surface area contributed by atoms with Crippen molar-refractivity contribution in [3.8, 4) is 0 Å². The molecule has 0 aromatic carbocycles. The van der Waals surface area contributed by atoms with Crippen LogP contribution in [-0.2, 0) is 4.74 Å². The van der Waals surface area contributed by atoms with Crippen LogP contribution in [0.3, 0.4) is 0 Å². The summed E-state index contributed by atoms with van der Waals surface area (Å²) < 4.78 is 5.85. The van der Waals surface area contributed by atoms with Gasteiger partial charge in [-0.15, -0.1) is 0 Å². The van der Waals surface area contributed by atoms with Gasteiger partial charge in [-0.2, -0.15) is 4.98 Å². The number of aromatic nitrogens is 3. The molecule has 13 heavy (non-hydrogen) atoms. The Morgan fingerprint density at radius 3 is 3.00 bits per heavy atom. The number of nitrogens with two attached hydrogens (primary N) is 1. The summed E-state index contributed by atoms with van der Waals surface area (Å²) in [6.07, 6.45) is 0.405. The number of rotatable bonds is 3. The lowest BCUT2D eigenvalue weighted by molar-refractivity contribution is -0.00650. The van der Waals surface area contributed by atoms with Crippen molar-refractivity contribution in [1.29, 1.82) is 0 Å².